The van der Waals surface area contributed by atoms with Gasteiger partial charge in [-0.3, -0.25) is 0 Å². The van der Waals surface area contributed by atoms with Gasteiger partial charge in [0.15, 0.2) is 5.75 Å². The number of amides is 2. The smallest absolute Gasteiger partial charge is 0.323 e. The third kappa shape index (κ3) is 5.20. The van der Waals surface area contributed by atoms with Gasteiger partial charge in [0.05, 0.1) is 5.69 Å². The number of fused-ring (bicyclic) bond motifs is 1. The van der Waals surface area contributed by atoms with Crippen molar-refractivity contribution in [2.45, 2.75) is 46.5 Å². The van der Waals surface area contributed by atoms with Gasteiger partial charge in [-0.15, -0.1) is 15.0 Å². The van der Waals surface area contributed by atoms with Gasteiger partial charge in [0, 0.05) is 5.69 Å². The van der Waals surface area contributed by atoms with Crippen LogP contribution >= 0.6 is 0 Å². The third-order valence-corrected chi connectivity index (χ3v) is 5.63. The fraction of sp³-hybridized carbons (Fsp3) is 0.296. The number of para-hydroxylation sites is 1. The molecule has 0 spiro atoms. The summed E-state index contributed by atoms with van der Waals surface area (Å²) in [5.41, 5.74) is 3.61. The summed E-state index contributed by atoms with van der Waals surface area (Å²) in [6, 6.07) is 20.0. The van der Waals surface area contributed by atoms with E-state index in [2.05, 4.69) is 55.4 Å². The van der Waals surface area contributed by atoms with E-state index >= 15 is 0 Å². The predicted molar refractivity (Wildman–Crippen MR) is 137 cm³/mol. The molecular weight excluding hydrogens is 426 g/mol. The van der Waals surface area contributed by atoms with Gasteiger partial charge in [-0.2, -0.15) is 0 Å². The van der Waals surface area contributed by atoms with Gasteiger partial charge in [-0.25, -0.2) is 4.79 Å². The van der Waals surface area contributed by atoms with E-state index in [4.69, 9.17) is 0 Å². The number of hydrogen-bond acceptors (Lipinski definition) is 4. The molecule has 0 atom stereocenters. The molecule has 0 bridgehead atoms. The summed E-state index contributed by atoms with van der Waals surface area (Å²) in [5, 5.41) is 25.9. The minimum absolute atomic E-state index is 0.0818. The lowest BCUT2D eigenvalue weighted by Gasteiger charge is -2.33. The van der Waals surface area contributed by atoms with Crippen LogP contribution in [0.25, 0.3) is 16.7 Å². The molecule has 0 aliphatic rings. The Hall–Kier alpha value is -3.87. The Bertz CT molecular complexity index is 1290. The summed E-state index contributed by atoms with van der Waals surface area (Å²) < 4.78 is 0. The second kappa shape index (κ2) is 8.82. The van der Waals surface area contributed by atoms with Crippen LogP contribution < -0.4 is 10.6 Å². The van der Waals surface area contributed by atoms with Crippen LogP contribution in [0.4, 0.5) is 16.2 Å². The molecule has 0 aliphatic heterocycles. The lowest BCUT2D eigenvalue weighted by Crippen LogP contribution is -2.26. The van der Waals surface area contributed by atoms with Gasteiger partial charge in [-0.1, -0.05) is 65.0 Å². The van der Waals surface area contributed by atoms with Crippen molar-refractivity contribution in [1.29, 1.82) is 0 Å². The first-order valence-corrected chi connectivity index (χ1v) is 11.3. The summed E-state index contributed by atoms with van der Waals surface area (Å²) in [6.45, 7) is 10.9. The Balaban J connectivity index is 1.78. The van der Waals surface area contributed by atoms with Crippen LogP contribution in [0.15, 0.2) is 66.7 Å². The highest BCUT2D eigenvalue weighted by molar-refractivity contribution is 6.01. The molecule has 0 saturated heterocycles. The van der Waals surface area contributed by atoms with Crippen molar-refractivity contribution >= 4 is 28.4 Å². The topological polar surface area (TPSA) is 92.1 Å². The fourth-order valence-corrected chi connectivity index (χ4v) is 4.46. The van der Waals surface area contributed by atoms with Crippen LogP contribution in [-0.2, 0) is 5.41 Å². The Morgan fingerprint density at radius 1 is 0.882 bits per heavy atom. The molecule has 176 valence electrons. The van der Waals surface area contributed by atoms with Crippen molar-refractivity contribution in [1.82, 2.24) is 15.0 Å². The number of hydrogen-bond donors (Lipinski definition) is 3. The Morgan fingerprint density at radius 2 is 1.47 bits per heavy atom. The van der Waals surface area contributed by atoms with Crippen molar-refractivity contribution in [3.63, 3.8) is 0 Å². The summed E-state index contributed by atoms with van der Waals surface area (Å²) >= 11 is 0. The maximum Gasteiger partial charge on any atom is 0.323 e. The maximum absolute atomic E-state index is 12.7. The zero-order valence-corrected chi connectivity index (χ0v) is 20.3. The quantitative estimate of drug-likeness (QED) is 0.299. The van der Waals surface area contributed by atoms with Crippen molar-refractivity contribution in [2.75, 3.05) is 10.6 Å². The number of benzene rings is 3. The molecule has 0 saturated carbocycles. The van der Waals surface area contributed by atoms with Crippen LogP contribution in [0.5, 0.6) is 5.75 Å². The van der Waals surface area contributed by atoms with Gasteiger partial charge in [-0.05, 0) is 59.2 Å². The molecule has 1 aromatic heterocycles. The summed E-state index contributed by atoms with van der Waals surface area (Å²) in [5.74, 6) is -0.0983. The molecule has 4 aromatic rings. The van der Waals surface area contributed by atoms with Crippen molar-refractivity contribution < 1.29 is 9.90 Å². The zero-order chi connectivity index (χ0) is 24.5. The van der Waals surface area contributed by atoms with Crippen LogP contribution in [0.2, 0.25) is 0 Å². The number of anilines is 2. The lowest BCUT2D eigenvalue weighted by atomic mass is 9.72. The molecule has 0 fully saturated rings. The van der Waals surface area contributed by atoms with E-state index in [1.165, 1.54) is 4.80 Å². The standard InChI is InChI=1S/C27H31N5O2/c1-26(2,3)17-27(4,5)18-15-22(29-25(34)28-19-11-7-6-8-12-19)24(33)23(16-18)32-30-20-13-9-10-14-21(20)31-32/h6-16,33H,17H2,1-5H3,(H2,28,29,34). The highest BCUT2D eigenvalue weighted by Gasteiger charge is 2.30. The summed E-state index contributed by atoms with van der Waals surface area (Å²) in [7, 11) is 0. The largest absolute Gasteiger partial charge is 0.504 e. The predicted octanol–water partition coefficient (Wildman–Crippen LogP) is 6.48. The normalized spacial score (nSPS) is 12.0. The van der Waals surface area contributed by atoms with E-state index in [0.29, 0.717) is 17.1 Å². The number of nitrogens with zero attached hydrogens (tertiary/aromatic N) is 3. The first-order valence-electron chi connectivity index (χ1n) is 11.3. The van der Waals surface area contributed by atoms with E-state index in [1.54, 1.807) is 12.1 Å². The number of carbonyl (C=O) groups is 1. The van der Waals surface area contributed by atoms with Gasteiger partial charge in [0.1, 0.15) is 16.7 Å². The summed E-state index contributed by atoms with van der Waals surface area (Å²) in [6.07, 6.45) is 0.897. The molecule has 7 heteroatoms. The highest BCUT2D eigenvalue weighted by Crippen LogP contribution is 2.41. The lowest BCUT2D eigenvalue weighted by molar-refractivity contribution is 0.262. The van der Waals surface area contributed by atoms with Crippen LogP contribution in [0.3, 0.4) is 0 Å². The number of phenols is 1. The number of rotatable bonds is 5. The van der Waals surface area contributed by atoms with E-state index < -0.39 is 6.03 Å². The van der Waals surface area contributed by atoms with E-state index in [1.807, 2.05) is 54.6 Å². The highest BCUT2D eigenvalue weighted by atomic mass is 16.3. The van der Waals surface area contributed by atoms with Crippen molar-refractivity contribution in [3.05, 3.63) is 72.3 Å². The van der Waals surface area contributed by atoms with Crippen molar-refractivity contribution in [2.24, 2.45) is 5.41 Å². The molecule has 34 heavy (non-hydrogen) atoms. The first kappa shape index (κ1) is 23.3. The minimum atomic E-state index is -0.447. The number of carbonyl (C=O) groups excluding carboxylic acids is 1. The maximum atomic E-state index is 12.7. The number of urea groups is 1. The minimum Gasteiger partial charge on any atom is -0.504 e. The molecule has 2 amide bonds. The monoisotopic (exact) mass is 457 g/mol. The van der Waals surface area contributed by atoms with E-state index in [-0.39, 0.29) is 16.6 Å². The van der Waals surface area contributed by atoms with Gasteiger partial charge in [0.2, 0.25) is 0 Å². The molecule has 0 unspecified atom stereocenters. The molecule has 0 aliphatic carbocycles. The number of phenolic OH excluding ortho intramolecular Hbond substituents is 1. The Kier molecular flexibility index (Phi) is 6.04. The molecular formula is C27H31N5O2. The number of nitrogens with one attached hydrogen (secondary N) is 2. The second-order valence-electron chi connectivity index (χ2n) is 10.4. The SMILES string of the molecule is CC(C)(C)CC(C)(C)c1cc(NC(=O)Nc2ccccc2)c(O)c(-n2nc3ccccc3n2)c1. The van der Waals surface area contributed by atoms with Gasteiger partial charge in [0.25, 0.3) is 0 Å². The van der Waals surface area contributed by atoms with Crippen LogP contribution in [-0.4, -0.2) is 26.1 Å². The number of aromatic nitrogens is 3. The van der Waals surface area contributed by atoms with Gasteiger partial charge >= 0.3 is 6.03 Å². The summed E-state index contributed by atoms with van der Waals surface area (Å²) in [4.78, 5) is 14.2. The molecule has 3 aromatic carbocycles. The first-order chi connectivity index (χ1) is 16.0. The molecule has 1 heterocycles. The van der Waals surface area contributed by atoms with E-state index in [9.17, 15) is 9.90 Å². The Morgan fingerprint density at radius 3 is 2.06 bits per heavy atom. The van der Waals surface area contributed by atoms with Crippen molar-refractivity contribution in [3.8, 4) is 11.4 Å². The molecule has 3 N–H and O–H groups in total. The van der Waals surface area contributed by atoms with Gasteiger partial charge < -0.3 is 15.7 Å². The number of aromatic hydroxyl groups is 1. The molecule has 4 rings (SSSR count). The van der Waals surface area contributed by atoms with Crippen LogP contribution in [0, 0.1) is 5.41 Å². The molecule has 7 nitrogen and oxygen atoms in total. The molecule has 0 radical (unpaired) electrons. The third-order valence-electron chi connectivity index (χ3n) is 5.63. The van der Waals surface area contributed by atoms with E-state index in [0.717, 1.165) is 23.0 Å². The fourth-order valence-electron chi connectivity index (χ4n) is 4.46. The average Bonchev–Trinajstić information content (AvgIpc) is 3.18. The van der Waals surface area contributed by atoms with Crippen LogP contribution in [0.1, 0.15) is 46.6 Å². The second-order valence-corrected chi connectivity index (χ2v) is 10.4. The average molecular weight is 458 g/mol. The Labute approximate surface area is 199 Å². The zero-order valence-electron chi connectivity index (χ0n) is 20.3.